The molecule has 0 atom stereocenters. The molecule has 2 fully saturated rings. The van der Waals surface area contributed by atoms with Crippen LogP contribution in [0.3, 0.4) is 0 Å². The molecule has 92 valence electrons. The molecule has 17 heavy (non-hydrogen) atoms. The van der Waals surface area contributed by atoms with Crippen LogP contribution in [0.5, 0.6) is 0 Å². The monoisotopic (exact) mass is 238 g/mol. The highest BCUT2D eigenvalue weighted by molar-refractivity contribution is 5.57. The Morgan fingerprint density at radius 3 is 2.18 bits per heavy atom. The molecule has 2 aliphatic rings. The average molecular weight is 238 g/mol. The maximum absolute atomic E-state index is 13.9. The van der Waals surface area contributed by atoms with Crippen molar-refractivity contribution in [2.45, 2.75) is 31.7 Å². The molecule has 1 aromatic rings. The molecular weight excluding hydrogens is 222 g/mol. The van der Waals surface area contributed by atoms with E-state index in [9.17, 15) is 8.78 Å². The van der Waals surface area contributed by atoms with Gasteiger partial charge in [0.1, 0.15) is 5.69 Å². The number of nitrogens with zero attached hydrogens (tertiary/aromatic N) is 1. The lowest BCUT2D eigenvalue weighted by atomic mass is 10.2. The Morgan fingerprint density at radius 2 is 1.71 bits per heavy atom. The van der Waals surface area contributed by atoms with Crippen molar-refractivity contribution in [3.8, 4) is 0 Å². The van der Waals surface area contributed by atoms with Gasteiger partial charge in [0.15, 0.2) is 11.6 Å². The highest BCUT2D eigenvalue weighted by Crippen LogP contribution is 2.39. The van der Waals surface area contributed by atoms with E-state index < -0.39 is 11.6 Å². The van der Waals surface area contributed by atoms with Crippen molar-refractivity contribution in [1.82, 2.24) is 0 Å². The Kier molecular flexibility index (Phi) is 2.45. The molecule has 0 radical (unpaired) electrons. The van der Waals surface area contributed by atoms with Gasteiger partial charge in [-0.15, -0.1) is 0 Å². The number of rotatable bonds is 4. The highest BCUT2D eigenvalue weighted by Gasteiger charge is 2.36. The number of halogens is 2. The van der Waals surface area contributed by atoms with Gasteiger partial charge in [0.05, 0.1) is 0 Å². The van der Waals surface area contributed by atoms with Crippen molar-refractivity contribution in [2.75, 3.05) is 17.2 Å². The van der Waals surface area contributed by atoms with Crippen LogP contribution in [0.25, 0.3) is 0 Å². The Hall–Kier alpha value is -1.32. The minimum atomic E-state index is -0.532. The quantitative estimate of drug-likeness (QED) is 0.817. The van der Waals surface area contributed by atoms with Gasteiger partial charge in [-0.3, -0.25) is 0 Å². The summed E-state index contributed by atoms with van der Waals surface area (Å²) >= 11 is 0. The topological polar surface area (TPSA) is 29.3 Å². The van der Waals surface area contributed by atoms with Crippen LogP contribution in [0.15, 0.2) is 12.1 Å². The van der Waals surface area contributed by atoms with Crippen LogP contribution >= 0.6 is 0 Å². The zero-order valence-electron chi connectivity index (χ0n) is 9.63. The lowest BCUT2D eigenvalue weighted by molar-refractivity contribution is 0.564. The van der Waals surface area contributed by atoms with Gasteiger partial charge >= 0.3 is 0 Å². The fraction of sp³-hybridized carbons (Fsp3) is 0.538. The average Bonchev–Trinajstić information content (AvgIpc) is 3.11. The number of hydrogen-bond acceptors (Lipinski definition) is 2. The molecule has 2 N–H and O–H groups in total. The van der Waals surface area contributed by atoms with Gasteiger partial charge in [-0.25, -0.2) is 8.78 Å². The van der Waals surface area contributed by atoms with Crippen molar-refractivity contribution in [3.05, 3.63) is 23.8 Å². The standard InChI is InChI=1S/C13H16F2N2/c14-11-5-9(16)6-12(15)13(11)17(10-3-4-10)7-8-1-2-8/h5-6,8,10H,1-4,7,16H2. The van der Waals surface area contributed by atoms with Crippen LogP contribution in [0.2, 0.25) is 0 Å². The molecule has 2 nitrogen and oxygen atoms in total. The van der Waals surface area contributed by atoms with Gasteiger partial charge in [-0.1, -0.05) is 0 Å². The first-order valence-electron chi connectivity index (χ1n) is 6.16. The van der Waals surface area contributed by atoms with E-state index in [1.54, 1.807) is 0 Å². The summed E-state index contributed by atoms with van der Waals surface area (Å²) in [6.07, 6.45) is 4.44. The number of benzene rings is 1. The maximum Gasteiger partial charge on any atom is 0.151 e. The number of nitrogens with two attached hydrogens (primary N) is 1. The summed E-state index contributed by atoms with van der Waals surface area (Å²) in [5.41, 5.74) is 5.70. The van der Waals surface area contributed by atoms with Gasteiger partial charge in [-0.2, -0.15) is 0 Å². The van der Waals surface area contributed by atoms with E-state index in [0.717, 1.165) is 19.4 Å². The lowest BCUT2D eigenvalue weighted by Crippen LogP contribution is -2.30. The Balaban J connectivity index is 1.93. The molecule has 0 aliphatic heterocycles. The maximum atomic E-state index is 13.9. The summed E-state index contributed by atoms with van der Waals surface area (Å²) in [6.45, 7) is 0.780. The molecule has 0 amide bonds. The molecule has 0 unspecified atom stereocenters. The largest absolute Gasteiger partial charge is 0.399 e. The molecule has 0 heterocycles. The third-order valence-electron chi connectivity index (χ3n) is 3.47. The fourth-order valence-electron chi connectivity index (χ4n) is 2.25. The van der Waals surface area contributed by atoms with Crippen molar-refractivity contribution in [3.63, 3.8) is 0 Å². The predicted octanol–water partition coefficient (Wildman–Crippen LogP) is 2.93. The lowest BCUT2D eigenvalue weighted by Gasteiger charge is -2.25. The first-order chi connectivity index (χ1) is 8.15. The Bertz CT molecular complexity index is 416. The molecule has 3 rings (SSSR count). The normalized spacial score (nSPS) is 19.4. The van der Waals surface area contributed by atoms with Gasteiger partial charge in [0, 0.05) is 18.3 Å². The fourth-order valence-corrected chi connectivity index (χ4v) is 2.25. The highest BCUT2D eigenvalue weighted by atomic mass is 19.1. The third kappa shape index (κ3) is 2.21. The zero-order chi connectivity index (χ0) is 12.0. The number of nitrogen functional groups attached to an aromatic ring is 1. The Labute approximate surface area is 99.4 Å². The summed E-state index contributed by atoms with van der Waals surface area (Å²) < 4.78 is 27.7. The molecule has 1 aromatic carbocycles. The molecule has 0 spiro atoms. The number of anilines is 2. The first-order valence-corrected chi connectivity index (χ1v) is 6.16. The van der Waals surface area contributed by atoms with Gasteiger partial charge in [-0.05, 0) is 43.7 Å². The van der Waals surface area contributed by atoms with Crippen molar-refractivity contribution in [1.29, 1.82) is 0 Å². The molecular formula is C13H16F2N2. The minimum absolute atomic E-state index is 0.119. The van der Waals surface area contributed by atoms with Crippen LogP contribution in [-0.2, 0) is 0 Å². The van der Waals surface area contributed by atoms with Crippen LogP contribution in [-0.4, -0.2) is 12.6 Å². The van der Waals surface area contributed by atoms with E-state index in [1.165, 1.54) is 25.0 Å². The zero-order valence-corrected chi connectivity index (χ0v) is 9.63. The second kappa shape index (κ2) is 3.86. The van der Waals surface area contributed by atoms with Crippen molar-refractivity contribution >= 4 is 11.4 Å². The second-order valence-electron chi connectivity index (χ2n) is 5.16. The van der Waals surface area contributed by atoms with Crippen molar-refractivity contribution < 1.29 is 8.78 Å². The SMILES string of the molecule is Nc1cc(F)c(N(CC2CC2)C2CC2)c(F)c1. The summed E-state index contributed by atoms with van der Waals surface area (Å²) in [5.74, 6) is -0.447. The van der Waals surface area contributed by atoms with E-state index in [4.69, 9.17) is 5.73 Å². The van der Waals surface area contributed by atoms with Crippen molar-refractivity contribution in [2.24, 2.45) is 5.92 Å². The van der Waals surface area contributed by atoms with E-state index in [-0.39, 0.29) is 11.4 Å². The van der Waals surface area contributed by atoms with Gasteiger partial charge in [0.2, 0.25) is 0 Å². The van der Waals surface area contributed by atoms with Gasteiger partial charge < -0.3 is 10.6 Å². The third-order valence-corrected chi connectivity index (χ3v) is 3.47. The van der Waals surface area contributed by atoms with Crippen LogP contribution < -0.4 is 10.6 Å². The van der Waals surface area contributed by atoms with E-state index in [0.29, 0.717) is 12.0 Å². The summed E-state index contributed by atoms with van der Waals surface area (Å²) in [5, 5.41) is 0. The van der Waals surface area contributed by atoms with Crippen LogP contribution in [0, 0.1) is 17.6 Å². The van der Waals surface area contributed by atoms with Crippen LogP contribution in [0.4, 0.5) is 20.2 Å². The summed E-state index contributed by atoms with van der Waals surface area (Å²) in [6, 6.07) is 2.74. The summed E-state index contributed by atoms with van der Waals surface area (Å²) in [7, 11) is 0. The number of hydrogen-bond donors (Lipinski definition) is 1. The molecule has 4 heteroatoms. The molecule has 0 aromatic heterocycles. The van der Waals surface area contributed by atoms with E-state index in [1.807, 2.05) is 4.90 Å². The molecule has 0 saturated heterocycles. The smallest absolute Gasteiger partial charge is 0.151 e. The van der Waals surface area contributed by atoms with E-state index >= 15 is 0 Å². The first kappa shape index (κ1) is 10.8. The molecule has 0 bridgehead atoms. The predicted molar refractivity (Wildman–Crippen MR) is 63.9 cm³/mol. The second-order valence-corrected chi connectivity index (χ2v) is 5.16. The molecule has 2 saturated carbocycles. The summed E-state index contributed by atoms with van der Waals surface area (Å²) in [4.78, 5) is 1.90. The minimum Gasteiger partial charge on any atom is -0.399 e. The van der Waals surface area contributed by atoms with Crippen LogP contribution in [0.1, 0.15) is 25.7 Å². The van der Waals surface area contributed by atoms with E-state index in [2.05, 4.69) is 0 Å². The Morgan fingerprint density at radius 1 is 1.12 bits per heavy atom. The van der Waals surface area contributed by atoms with Gasteiger partial charge in [0.25, 0.3) is 0 Å². The molecule has 2 aliphatic carbocycles.